The molecule has 7 heavy (non-hydrogen) atoms. The predicted octanol–water partition coefficient (Wildman–Crippen LogP) is 0.962. The van der Waals surface area contributed by atoms with Gasteiger partial charge in [0.05, 0.1) is 5.68 Å². The Hall–Kier alpha value is -0.475. The van der Waals surface area contributed by atoms with Crippen molar-refractivity contribution in [1.82, 2.24) is 0 Å². The van der Waals surface area contributed by atoms with Gasteiger partial charge in [-0.2, -0.15) is 0 Å². The van der Waals surface area contributed by atoms with Gasteiger partial charge in [-0.3, -0.25) is 0 Å². The summed E-state index contributed by atoms with van der Waals surface area (Å²) in [5, 5.41) is 0. The molecule has 0 aliphatic carbocycles. The van der Waals surface area contributed by atoms with Crippen LogP contribution in [-0.4, -0.2) is 12.7 Å². The van der Waals surface area contributed by atoms with Gasteiger partial charge in [0.15, 0.2) is 0 Å². The van der Waals surface area contributed by atoms with E-state index in [1.165, 1.54) is 0 Å². The SMILES string of the molecule is CC(=O)[B-](F)(F)F. The van der Waals surface area contributed by atoms with Crippen molar-refractivity contribution >= 4 is 12.7 Å². The number of hydrogen-bond acceptors (Lipinski definition) is 1. The molecule has 42 valence electrons. The molecule has 0 rings (SSSR count). The highest BCUT2D eigenvalue weighted by Crippen LogP contribution is 2.07. The van der Waals surface area contributed by atoms with E-state index < -0.39 is 12.7 Å². The maximum absolute atomic E-state index is 10.9. The summed E-state index contributed by atoms with van der Waals surface area (Å²) in [7, 11) is 0. The number of carbonyl (C=O) groups is 1. The molecule has 0 heterocycles. The molecule has 0 radical (unpaired) electrons. The maximum atomic E-state index is 10.9. The summed E-state index contributed by atoms with van der Waals surface area (Å²) in [6.45, 7) is -4.68. The van der Waals surface area contributed by atoms with Crippen LogP contribution in [0.5, 0.6) is 0 Å². The van der Waals surface area contributed by atoms with Crippen molar-refractivity contribution in [3.63, 3.8) is 0 Å². The molecule has 0 aliphatic heterocycles. The maximum Gasteiger partial charge on any atom is 0.544 e. The van der Waals surface area contributed by atoms with Gasteiger partial charge >= 0.3 is 6.98 Å². The lowest BCUT2D eigenvalue weighted by Gasteiger charge is -2.06. The third-order valence-corrected chi connectivity index (χ3v) is 0.461. The summed E-state index contributed by atoms with van der Waals surface area (Å²) in [6, 6.07) is 0. The first-order valence-corrected chi connectivity index (χ1v) is 1.65. The third kappa shape index (κ3) is 2.25. The van der Waals surface area contributed by atoms with Gasteiger partial charge < -0.3 is 17.7 Å². The van der Waals surface area contributed by atoms with Crippen LogP contribution in [0, 0.1) is 0 Å². The van der Waals surface area contributed by atoms with Crippen LogP contribution in [0.3, 0.4) is 0 Å². The second-order valence-electron chi connectivity index (χ2n) is 1.19. The van der Waals surface area contributed by atoms with Crippen molar-refractivity contribution < 1.29 is 17.7 Å². The Morgan fingerprint density at radius 3 is 1.57 bits per heavy atom. The Bertz CT molecular complexity index is 85.4. The van der Waals surface area contributed by atoms with Crippen LogP contribution in [0.15, 0.2) is 0 Å². The topological polar surface area (TPSA) is 17.1 Å². The lowest BCUT2D eigenvalue weighted by molar-refractivity contribution is -0.112. The van der Waals surface area contributed by atoms with Gasteiger partial charge in [-0.25, -0.2) is 0 Å². The fourth-order valence-corrected chi connectivity index (χ4v) is 0. The average molecular weight is 111 g/mol. The highest BCUT2D eigenvalue weighted by Gasteiger charge is 2.28. The van der Waals surface area contributed by atoms with Gasteiger partial charge in [0, 0.05) is 0 Å². The number of hydrogen-bond donors (Lipinski definition) is 0. The molecule has 0 saturated carbocycles. The molecule has 0 saturated heterocycles. The Balaban J connectivity index is 3.79. The minimum absolute atomic E-state index is 0.514. The van der Waals surface area contributed by atoms with Gasteiger partial charge in [-0.1, -0.05) is 0 Å². The highest BCUT2D eigenvalue weighted by molar-refractivity contribution is 6.90. The van der Waals surface area contributed by atoms with Gasteiger partial charge in [0.2, 0.25) is 0 Å². The van der Waals surface area contributed by atoms with Crippen molar-refractivity contribution in [2.45, 2.75) is 6.92 Å². The molecule has 0 atom stereocenters. The lowest BCUT2D eigenvalue weighted by atomic mass is 9.86. The Labute approximate surface area is 38.6 Å². The van der Waals surface area contributed by atoms with Crippen LogP contribution >= 0.6 is 0 Å². The molecule has 0 bridgehead atoms. The molecule has 0 aromatic carbocycles. The van der Waals surface area contributed by atoms with E-state index in [-0.39, 0.29) is 0 Å². The van der Waals surface area contributed by atoms with Crippen molar-refractivity contribution in [1.29, 1.82) is 0 Å². The molecule has 0 N–H and O–H groups in total. The smallest absolute Gasteiger partial charge is 0.443 e. The van der Waals surface area contributed by atoms with Crippen LogP contribution in [0.1, 0.15) is 6.92 Å². The molecule has 0 aliphatic rings. The first-order chi connectivity index (χ1) is 2.94. The van der Waals surface area contributed by atoms with Crippen molar-refractivity contribution in [2.24, 2.45) is 0 Å². The van der Waals surface area contributed by atoms with Gasteiger partial charge in [0.25, 0.3) is 0 Å². The van der Waals surface area contributed by atoms with Crippen LogP contribution in [0.2, 0.25) is 0 Å². The van der Waals surface area contributed by atoms with Gasteiger partial charge in [-0.05, 0) is 6.92 Å². The normalized spacial score (nSPS) is 11.4. The van der Waals surface area contributed by atoms with Gasteiger partial charge in [-0.15, -0.1) is 0 Å². The molecule has 0 unspecified atom stereocenters. The standard InChI is InChI=1S/C2H3BF3O/c1-2(7)3(4,5)6/h1H3/q-1. The lowest BCUT2D eigenvalue weighted by Crippen LogP contribution is -2.26. The van der Waals surface area contributed by atoms with E-state index in [0.29, 0.717) is 6.92 Å². The van der Waals surface area contributed by atoms with Crippen LogP contribution in [0.25, 0.3) is 0 Å². The fraction of sp³-hybridized carbons (Fsp3) is 0.500. The molecule has 0 aromatic rings. The molecule has 1 nitrogen and oxygen atoms in total. The molecular formula is C2H3BF3O-. The van der Waals surface area contributed by atoms with Crippen LogP contribution in [0.4, 0.5) is 12.9 Å². The number of halogens is 3. The Morgan fingerprint density at radius 2 is 1.57 bits per heavy atom. The number of carbonyl (C=O) groups excluding carboxylic acids is 1. The zero-order chi connectivity index (χ0) is 6.08. The van der Waals surface area contributed by atoms with E-state index >= 15 is 0 Å². The van der Waals surface area contributed by atoms with E-state index in [1.807, 2.05) is 0 Å². The van der Waals surface area contributed by atoms with Crippen molar-refractivity contribution in [3.8, 4) is 0 Å². The minimum Gasteiger partial charge on any atom is -0.443 e. The summed E-state index contributed by atoms with van der Waals surface area (Å²) in [5.74, 6) is 0. The number of rotatable bonds is 1. The van der Waals surface area contributed by atoms with Gasteiger partial charge in [0.1, 0.15) is 0 Å². The first kappa shape index (κ1) is 6.52. The van der Waals surface area contributed by atoms with E-state index in [1.54, 1.807) is 0 Å². The third-order valence-electron chi connectivity index (χ3n) is 0.461. The molecule has 0 spiro atoms. The van der Waals surface area contributed by atoms with Crippen LogP contribution in [-0.2, 0) is 4.79 Å². The Morgan fingerprint density at radius 1 is 1.43 bits per heavy atom. The Kier molecular flexibility index (Phi) is 1.45. The second-order valence-corrected chi connectivity index (χ2v) is 1.19. The zero-order valence-electron chi connectivity index (χ0n) is 3.62. The fourth-order valence-electron chi connectivity index (χ4n) is 0. The highest BCUT2D eigenvalue weighted by atomic mass is 19.4. The second kappa shape index (κ2) is 1.56. The van der Waals surface area contributed by atoms with Crippen LogP contribution < -0.4 is 0 Å². The van der Waals surface area contributed by atoms with E-state index in [0.717, 1.165) is 0 Å². The van der Waals surface area contributed by atoms with E-state index in [2.05, 4.69) is 0 Å². The van der Waals surface area contributed by atoms with E-state index in [9.17, 15) is 17.7 Å². The van der Waals surface area contributed by atoms with E-state index in [4.69, 9.17) is 0 Å². The minimum atomic E-state index is -5.19. The average Bonchev–Trinajstić information content (AvgIpc) is 1.31. The molecule has 0 amide bonds. The summed E-state index contributed by atoms with van der Waals surface area (Å²) in [4.78, 5) is 9.37. The molecule has 0 aromatic heterocycles. The molecule has 0 fully saturated rings. The zero-order valence-corrected chi connectivity index (χ0v) is 3.62. The monoisotopic (exact) mass is 111 g/mol. The first-order valence-electron chi connectivity index (χ1n) is 1.65. The predicted molar refractivity (Wildman–Crippen MR) is 19.8 cm³/mol. The summed E-state index contributed by atoms with van der Waals surface area (Å²) < 4.78 is 32.7. The molecule has 5 heteroatoms. The quantitative estimate of drug-likeness (QED) is 0.460. The summed E-state index contributed by atoms with van der Waals surface area (Å²) in [5.41, 5.74) is -1.69. The summed E-state index contributed by atoms with van der Waals surface area (Å²) in [6.07, 6.45) is 0. The summed E-state index contributed by atoms with van der Waals surface area (Å²) >= 11 is 0. The molecular weight excluding hydrogens is 108 g/mol. The van der Waals surface area contributed by atoms with Crippen molar-refractivity contribution in [3.05, 3.63) is 0 Å². The largest absolute Gasteiger partial charge is 0.544 e. The van der Waals surface area contributed by atoms with Crippen molar-refractivity contribution in [2.75, 3.05) is 0 Å².